The minimum absolute atomic E-state index is 0.259. The van der Waals surface area contributed by atoms with E-state index in [1.54, 1.807) is 0 Å². The van der Waals surface area contributed by atoms with E-state index in [-0.39, 0.29) is 6.61 Å². The Hall–Kier alpha value is -1.65. The van der Waals surface area contributed by atoms with Crippen molar-refractivity contribution in [3.63, 3.8) is 0 Å². The molecule has 0 spiro atoms. The number of benzene rings is 1. The number of carbonyl (C=O) groups is 1. The quantitative estimate of drug-likeness (QED) is 0.441. The zero-order valence-electron chi connectivity index (χ0n) is 9.72. The van der Waals surface area contributed by atoms with Crippen LogP contribution in [0.2, 0.25) is 0 Å². The summed E-state index contributed by atoms with van der Waals surface area (Å²) in [6.45, 7) is 5.21. The smallest absolute Gasteiger partial charge is 0.330 e. The highest BCUT2D eigenvalue weighted by atomic mass is 16.5. The van der Waals surface area contributed by atoms with Crippen LogP contribution >= 0.6 is 0 Å². The Balaban J connectivity index is 2.39. The molecule has 0 amide bonds. The topological polar surface area (TPSA) is 61.5 Å². The largest absolute Gasteiger partial charge is 0.458 e. The van der Waals surface area contributed by atoms with Gasteiger partial charge in [-0.1, -0.05) is 30.8 Å². The lowest BCUT2D eigenvalue weighted by Gasteiger charge is -2.05. The molecule has 0 atom stereocenters. The first-order valence-corrected chi connectivity index (χ1v) is 5.41. The van der Waals surface area contributed by atoms with Crippen LogP contribution in [0.25, 0.3) is 0 Å². The predicted molar refractivity (Wildman–Crippen MR) is 65.1 cm³/mol. The molecule has 4 heteroatoms. The van der Waals surface area contributed by atoms with Crippen molar-refractivity contribution >= 4 is 5.97 Å². The van der Waals surface area contributed by atoms with Gasteiger partial charge < -0.3 is 15.2 Å². The molecule has 92 valence electrons. The molecule has 0 fully saturated rings. The first-order chi connectivity index (χ1) is 8.26. The van der Waals surface area contributed by atoms with Crippen LogP contribution in [-0.4, -0.2) is 19.1 Å². The number of esters is 1. The molecule has 2 N–H and O–H groups in total. The van der Waals surface area contributed by atoms with E-state index in [1.807, 2.05) is 24.3 Å². The second-order valence-corrected chi connectivity index (χ2v) is 3.47. The zero-order valence-corrected chi connectivity index (χ0v) is 9.72. The Bertz CT molecular complexity index is 359. The number of carbonyl (C=O) groups excluding carboxylic acids is 1. The second kappa shape index (κ2) is 7.60. The fourth-order valence-corrected chi connectivity index (χ4v) is 1.22. The minimum Gasteiger partial charge on any atom is -0.458 e. The SMILES string of the molecule is C=CC(=O)OCc1ccc(COCCN)cc1. The Morgan fingerprint density at radius 3 is 2.35 bits per heavy atom. The highest BCUT2D eigenvalue weighted by Gasteiger charge is 1.98. The molecular formula is C13H17NO3. The van der Waals surface area contributed by atoms with Crippen molar-refractivity contribution in [2.75, 3.05) is 13.2 Å². The standard InChI is InChI=1S/C13H17NO3/c1-2-13(15)17-10-12-5-3-11(4-6-12)9-16-8-7-14/h2-6H,1,7-10,14H2. The molecule has 0 aliphatic carbocycles. The molecule has 0 aliphatic rings. The number of hydrogen-bond donors (Lipinski definition) is 1. The van der Waals surface area contributed by atoms with Gasteiger partial charge in [-0.25, -0.2) is 4.79 Å². The van der Waals surface area contributed by atoms with E-state index in [0.717, 1.165) is 17.2 Å². The van der Waals surface area contributed by atoms with E-state index in [0.29, 0.717) is 19.8 Å². The van der Waals surface area contributed by atoms with E-state index in [2.05, 4.69) is 6.58 Å². The summed E-state index contributed by atoms with van der Waals surface area (Å²) in [5.74, 6) is -0.416. The van der Waals surface area contributed by atoms with Gasteiger partial charge in [0.25, 0.3) is 0 Å². The van der Waals surface area contributed by atoms with Crippen molar-refractivity contribution < 1.29 is 14.3 Å². The van der Waals surface area contributed by atoms with Crippen molar-refractivity contribution in [1.29, 1.82) is 0 Å². The van der Waals surface area contributed by atoms with Gasteiger partial charge in [-0.2, -0.15) is 0 Å². The van der Waals surface area contributed by atoms with Crippen molar-refractivity contribution in [1.82, 2.24) is 0 Å². The molecule has 0 unspecified atom stereocenters. The van der Waals surface area contributed by atoms with Gasteiger partial charge in [-0.05, 0) is 11.1 Å². The van der Waals surface area contributed by atoms with Gasteiger partial charge in [0.05, 0.1) is 13.2 Å². The van der Waals surface area contributed by atoms with E-state index in [1.165, 1.54) is 0 Å². The van der Waals surface area contributed by atoms with Crippen molar-refractivity contribution in [2.24, 2.45) is 5.73 Å². The predicted octanol–water partition coefficient (Wildman–Crippen LogP) is 1.39. The van der Waals surface area contributed by atoms with Gasteiger partial charge in [0, 0.05) is 12.6 Å². The first kappa shape index (κ1) is 13.4. The van der Waals surface area contributed by atoms with Crippen LogP contribution in [0, 0.1) is 0 Å². The Morgan fingerprint density at radius 2 is 1.82 bits per heavy atom. The Labute approximate surface area is 101 Å². The number of nitrogens with two attached hydrogens (primary N) is 1. The molecule has 0 aliphatic heterocycles. The van der Waals surface area contributed by atoms with E-state index < -0.39 is 5.97 Å². The minimum atomic E-state index is -0.416. The molecule has 0 heterocycles. The molecule has 0 aromatic heterocycles. The number of hydrogen-bond acceptors (Lipinski definition) is 4. The highest BCUT2D eigenvalue weighted by molar-refractivity contribution is 5.81. The van der Waals surface area contributed by atoms with Crippen LogP contribution in [0.4, 0.5) is 0 Å². The lowest BCUT2D eigenvalue weighted by molar-refractivity contribution is -0.138. The van der Waals surface area contributed by atoms with Crippen LogP contribution in [0.1, 0.15) is 11.1 Å². The molecule has 0 saturated heterocycles. The molecule has 4 nitrogen and oxygen atoms in total. The van der Waals surface area contributed by atoms with E-state index >= 15 is 0 Å². The van der Waals surface area contributed by atoms with Gasteiger partial charge in [0.15, 0.2) is 0 Å². The zero-order chi connectivity index (χ0) is 12.5. The summed E-state index contributed by atoms with van der Waals surface area (Å²) in [6.07, 6.45) is 1.15. The van der Waals surface area contributed by atoms with Crippen molar-refractivity contribution in [3.8, 4) is 0 Å². The van der Waals surface area contributed by atoms with Crippen molar-refractivity contribution in [2.45, 2.75) is 13.2 Å². The summed E-state index contributed by atoms with van der Waals surface area (Å²) < 4.78 is 10.2. The molecule has 0 radical (unpaired) electrons. The van der Waals surface area contributed by atoms with Crippen LogP contribution in [0.3, 0.4) is 0 Å². The normalized spacial score (nSPS) is 9.94. The fraction of sp³-hybridized carbons (Fsp3) is 0.308. The fourth-order valence-electron chi connectivity index (χ4n) is 1.22. The van der Waals surface area contributed by atoms with Crippen LogP contribution in [0.15, 0.2) is 36.9 Å². The third-order valence-corrected chi connectivity index (χ3v) is 2.10. The average molecular weight is 235 g/mol. The number of rotatable bonds is 7. The summed E-state index contributed by atoms with van der Waals surface area (Å²) in [5.41, 5.74) is 7.32. The molecule has 1 rings (SSSR count). The molecule has 1 aromatic rings. The molecule has 1 aromatic carbocycles. The Kier molecular flexibility index (Phi) is 5.99. The molecule has 0 saturated carbocycles. The third-order valence-electron chi connectivity index (χ3n) is 2.10. The van der Waals surface area contributed by atoms with Gasteiger partial charge in [0.1, 0.15) is 6.61 Å². The van der Waals surface area contributed by atoms with Gasteiger partial charge in [-0.3, -0.25) is 0 Å². The van der Waals surface area contributed by atoms with Gasteiger partial charge in [-0.15, -0.1) is 0 Å². The maximum absolute atomic E-state index is 10.9. The van der Waals surface area contributed by atoms with E-state index in [4.69, 9.17) is 15.2 Å². The molecule has 0 bridgehead atoms. The van der Waals surface area contributed by atoms with Crippen molar-refractivity contribution in [3.05, 3.63) is 48.0 Å². The lowest BCUT2D eigenvalue weighted by atomic mass is 10.1. The summed E-state index contributed by atoms with van der Waals surface area (Å²) >= 11 is 0. The Morgan fingerprint density at radius 1 is 1.24 bits per heavy atom. The second-order valence-electron chi connectivity index (χ2n) is 3.47. The molecule has 17 heavy (non-hydrogen) atoms. The van der Waals surface area contributed by atoms with Crippen LogP contribution in [-0.2, 0) is 27.5 Å². The number of ether oxygens (including phenoxy) is 2. The molecular weight excluding hydrogens is 218 g/mol. The monoisotopic (exact) mass is 235 g/mol. The van der Waals surface area contributed by atoms with E-state index in [9.17, 15) is 4.79 Å². The maximum Gasteiger partial charge on any atom is 0.330 e. The van der Waals surface area contributed by atoms with Gasteiger partial charge in [0.2, 0.25) is 0 Å². The maximum atomic E-state index is 10.9. The average Bonchev–Trinajstić information content (AvgIpc) is 2.37. The summed E-state index contributed by atoms with van der Waals surface area (Å²) in [5, 5.41) is 0. The summed E-state index contributed by atoms with van der Waals surface area (Å²) in [7, 11) is 0. The van der Waals surface area contributed by atoms with Crippen LogP contribution < -0.4 is 5.73 Å². The first-order valence-electron chi connectivity index (χ1n) is 5.41. The lowest BCUT2D eigenvalue weighted by Crippen LogP contribution is -2.08. The highest BCUT2D eigenvalue weighted by Crippen LogP contribution is 2.07. The summed E-state index contributed by atoms with van der Waals surface area (Å²) in [4.78, 5) is 10.9. The summed E-state index contributed by atoms with van der Waals surface area (Å²) in [6, 6.07) is 7.68. The van der Waals surface area contributed by atoms with Gasteiger partial charge >= 0.3 is 5.97 Å². The third kappa shape index (κ3) is 5.29. The van der Waals surface area contributed by atoms with Crippen LogP contribution in [0.5, 0.6) is 0 Å².